The number of carbonyl (C=O) groups is 4. The first-order valence-electron chi connectivity index (χ1n) is 15.4. The van der Waals surface area contributed by atoms with Crippen LogP contribution in [0, 0.1) is 17.3 Å². The van der Waals surface area contributed by atoms with Crippen LogP contribution in [0.2, 0.25) is 0 Å². The molecule has 7 heteroatoms. The van der Waals surface area contributed by atoms with Crippen molar-refractivity contribution in [3.63, 3.8) is 0 Å². The van der Waals surface area contributed by atoms with Gasteiger partial charge in [0.2, 0.25) is 17.7 Å². The van der Waals surface area contributed by atoms with Gasteiger partial charge < -0.3 is 20.7 Å². The van der Waals surface area contributed by atoms with Crippen LogP contribution in [0.5, 0.6) is 0 Å². The summed E-state index contributed by atoms with van der Waals surface area (Å²) < 4.78 is 0. The fourth-order valence-corrected chi connectivity index (χ4v) is 5.75. The molecule has 0 aromatic rings. The van der Waals surface area contributed by atoms with Crippen molar-refractivity contribution >= 4 is 24.0 Å². The molecule has 1 aliphatic rings. The molecule has 1 saturated carbocycles. The monoisotopic (exact) mass is 535 g/mol. The van der Waals surface area contributed by atoms with E-state index in [9.17, 15) is 19.2 Å². The third-order valence-corrected chi connectivity index (χ3v) is 7.87. The quantitative estimate of drug-likeness (QED) is 0.243. The Morgan fingerprint density at radius 2 is 1.18 bits per heavy atom. The zero-order valence-electron chi connectivity index (χ0n) is 25.2. The average Bonchev–Trinajstić information content (AvgIpc) is 2.90. The van der Waals surface area contributed by atoms with Gasteiger partial charge in [0.25, 0.3) is 0 Å². The minimum atomic E-state index is -0.721. The van der Waals surface area contributed by atoms with E-state index in [4.69, 9.17) is 0 Å². The maximum absolute atomic E-state index is 13.8. The number of carbonyl (C=O) groups excluding carboxylic acids is 4. The van der Waals surface area contributed by atoms with E-state index < -0.39 is 17.5 Å². The summed E-state index contributed by atoms with van der Waals surface area (Å²) in [7, 11) is 0. The molecule has 3 atom stereocenters. The topological polar surface area (TPSA) is 104 Å². The van der Waals surface area contributed by atoms with Gasteiger partial charge in [-0.3, -0.25) is 14.4 Å². The molecule has 7 nitrogen and oxygen atoms in total. The molecule has 0 spiro atoms. The van der Waals surface area contributed by atoms with Crippen molar-refractivity contribution in [2.45, 2.75) is 156 Å². The summed E-state index contributed by atoms with van der Waals surface area (Å²) in [6.07, 6.45) is 15.6. The van der Waals surface area contributed by atoms with E-state index >= 15 is 0 Å². The predicted molar refractivity (Wildman–Crippen MR) is 155 cm³/mol. The molecule has 0 aromatic carbocycles. The Balaban J connectivity index is 3.18. The standard InChI is InChI=1S/C31H57N3O4/c1-7-8-17-28(31(22-35)18-15-13-11-9-10-12-14-16-19-31)34-30(38)27(21-24(4)5)33-29(37)26(20-23(2)3)32-25(6)36/h22-24,26-28H,7-21H2,1-6H3,(H,32,36)(H,33,37)(H,34,38)/t26-,27-,28-/m0/s1. The Morgan fingerprint density at radius 3 is 1.61 bits per heavy atom. The van der Waals surface area contributed by atoms with Gasteiger partial charge in [-0.05, 0) is 43.9 Å². The van der Waals surface area contributed by atoms with Gasteiger partial charge >= 0.3 is 0 Å². The summed E-state index contributed by atoms with van der Waals surface area (Å²) in [5.74, 6) is -0.441. The minimum Gasteiger partial charge on any atom is -0.351 e. The predicted octanol–water partition coefficient (Wildman–Crippen LogP) is 5.84. The van der Waals surface area contributed by atoms with Gasteiger partial charge in [0.1, 0.15) is 18.4 Å². The molecule has 0 unspecified atom stereocenters. The molecule has 1 rings (SSSR count). The van der Waals surface area contributed by atoms with Crippen LogP contribution in [0.3, 0.4) is 0 Å². The number of rotatable bonds is 14. The highest BCUT2D eigenvalue weighted by atomic mass is 16.2. The van der Waals surface area contributed by atoms with Gasteiger partial charge in [-0.2, -0.15) is 0 Å². The van der Waals surface area contributed by atoms with E-state index in [-0.39, 0.29) is 35.6 Å². The number of amides is 3. The summed E-state index contributed by atoms with van der Waals surface area (Å²) in [4.78, 5) is 51.5. The molecule has 1 aliphatic carbocycles. The molecule has 0 bridgehead atoms. The molecular weight excluding hydrogens is 478 g/mol. The zero-order chi connectivity index (χ0) is 28.6. The summed E-state index contributed by atoms with van der Waals surface area (Å²) in [5.41, 5.74) is -0.572. The molecule has 3 N–H and O–H groups in total. The molecule has 0 aliphatic heterocycles. The van der Waals surface area contributed by atoms with Crippen LogP contribution in [-0.2, 0) is 19.2 Å². The van der Waals surface area contributed by atoms with Gasteiger partial charge in [-0.15, -0.1) is 0 Å². The minimum absolute atomic E-state index is 0.182. The van der Waals surface area contributed by atoms with E-state index in [0.29, 0.717) is 12.8 Å². The van der Waals surface area contributed by atoms with Crippen LogP contribution in [0.4, 0.5) is 0 Å². The molecule has 1 fully saturated rings. The van der Waals surface area contributed by atoms with Crippen molar-refractivity contribution in [1.29, 1.82) is 0 Å². The second-order valence-corrected chi connectivity index (χ2v) is 12.5. The van der Waals surface area contributed by atoms with Crippen molar-refractivity contribution < 1.29 is 19.2 Å². The van der Waals surface area contributed by atoms with Crippen LogP contribution in [0.1, 0.15) is 138 Å². The highest BCUT2D eigenvalue weighted by molar-refractivity contribution is 5.92. The number of hydrogen-bond acceptors (Lipinski definition) is 4. The maximum atomic E-state index is 13.8. The Morgan fingerprint density at radius 1 is 0.737 bits per heavy atom. The summed E-state index contributed by atoms with van der Waals surface area (Å²) in [5, 5.41) is 8.97. The van der Waals surface area contributed by atoms with Crippen molar-refractivity contribution in [1.82, 2.24) is 16.0 Å². The first kappa shape index (κ1) is 34.1. The van der Waals surface area contributed by atoms with E-state index in [1.165, 1.54) is 32.6 Å². The third kappa shape index (κ3) is 12.8. The number of nitrogens with one attached hydrogen (secondary N) is 3. The average molecular weight is 536 g/mol. The lowest BCUT2D eigenvalue weighted by Crippen LogP contribution is -2.57. The zero-order valence-corrected chi connectivity index (χ0v) is 25.2. The van der Waals surface area contributed by atoms with E-state index in [2.05, 4.69) is 22.9 Å². The SMILES string of the molecule is CCCC[C@H](NC(=O)[C@H](CC(C)C)NC(=O)[C@H](CC(C)C)NC(C)=O)C1(C=O)CCCCCCCCCC1. The lowest BCUT2D eigenvalue weighted by atomic mass is 9.71. The fraction of sp³-hybridized carbons (Fsp3) is 0.871. The second-order valence-electron chi connectivity index (χ2n) is 12.5. The van der Waals surface area contributed by atoms with E-state index in [1.54, 1.807) is 0 Å². The van der Waals surface area contributed by atoms with Gasteiger partial charge in [0.15, 0.2) is 0 Å². The highest BCUT2D eigenvalue weighted by Gasteiger charge is 2.40. The molecule has 0 aromatic heterocycles. The Labute approximate surface area is 232 Å². The largest absolute Gasteiger partial charge is 0.351 e. The Kier molecular flexibility index (Phi) is 16.5. The van der Waals surface area contributed by atoms with Crippen LogP contribution >= 0.6 is 0 Å². The Hall–Kier alpha value is -1.92. The van der Waals surface area contributed by atoms with Crippen molar-refractivity contribution in [3.8, 4) is 0 Å². The highest BCUT2D eigenvalue weighted by Crippen LogP contribution is 2.36. The smallest absolute Gasteiger partial charge is 0.243 e. The molecule has 38 heavy (non-hydrogen) atoms. The van der Waals surface area contributed by atoms with Crippen molar-refractivity contribution in [3.05, 3.63) is 0 Å². The molecule has 3 amide bonds. The molecule has 0 saturated heterocycles. The van der Waals surface area contributed by atoms with Gasteiger partial charge in [-0.25, -0.2) is 0 Å². The lowest BCUT2D eigenvalue weighted by molar-refractivity contribution is -0.133. The first-order chi connectivity index (χ1) is 18.0. The van der Waals surface area contributed by atoms with Crippen LogP contribution in [0.15, 0.2) is 0 Å². The van der Waals surface area contributed by atoms with Gasteiger partial charge in [-0.1, -0.05) is 98.8 Å². The van der Waals surface area contributed by atoms with E-state index in [1.807, 2.05) is 27.7 Å². The Bertz CT molecular complexity index is 710. The van der Waals surface area contributed by atoms with Crippen molar-refractivity contribution in [2.75, 3.05) is 0 Å². The fourth-order valence-electron chi connectivity index (χ4n) is 5.75. The van der Waals surface area contributed by atoms with Gasteiger partial charge in [0, 0.05) is 18.4 Å². The molecule has 0 heterocycles. The summed E-state index contributed by atoms with van der Waals surface area (Å²) in [6, 6.07) is -1.66. The molecule has 0 radical (unpaired) electrons. The van der Waals surface area contributed by atoms with Gasteiger partial charge in [0.05, 0.1) is 0 Å². The molecular formula is C31H57N3O4. The van der Waals surface area contributed by atoms with Crippen LogP contribution < -0.4 is 16.0 Å². The van der Waals surface area contributed by atoms with E-state index in [0.717, 1.165) is 64.1 Å². The number of unbranched alkanes of at least 4 members (excludes halogenated alkanes) is 1. The third-order valence-electron chi connectivity index (χ3n) is 7.87. The van der Waals surface area contributed by atoms with Crippen LogP contribution in [0.25, 0.3) is 0 Å². The second kappa shape index (κ2) is 18.4. The maximum Gasteiger partial charge on any atom is 0.243 e. The lowest BCUT2D eigenvalue weighted by Gasteiger charge is -2.38. The number of aldehydes is 1. The molecule has 220 valence electrons. The van der Waals surface area contributed by atoms with Crippen LogP contribution in [-0.4, -0.2) is 42.1 Å². The van der Waals surface area contributed by atoms with Crippen molar-refractivity contribution in [2.24, 2.45) is 17.3 Å². The number of hydrogen-bond donors (Lipinski definition) is 3. The summed E-state index contributed by atoms with van der Waals surface area (Å²) >= 11 is 0. The first-order valence-corrected chi connectivity index (χ1v) is 15.4. The normalized spacial score (nSPS) is 19.1. The summed E-state index contributed by atoms with van der Waals surface area (Å²) in [6.45, 7) is 11.6.